The number of halogens is 3. The van der Waals surface area contributed by atoms with Gasteiger partial charge in [0.2, 0.25) is 0 Å². The Morgan fingerprint density at radius 2 is 1.86 bits per heavy atom. The van der Waals surface area contributed by atoms with E-state index in [0.29, 0.717) is 19.4 Å². The molecule has 2 amide bonds. The van der Waals surface area contributed by atoms with Gasteiger partial charge in [0.05, 0.1) is 28.8 Å². The standard InChI is InChI=1S/C25H34F3N3O5/c1-14(2)31(15-9-8-10-30(13-15)36-22(34)23(3,4)5)20(32)16-11-18-19(12-17(16)25(26,27)28)35-24(6,7)21(33)29-18/h11-12,14-15H,8-10,13H2,1-7H3,(H,29,33). The molecule has 36 heavy (non-hydrogen) atoms. The van der Waals surface area contributed by atoms with Crippen LogP contribution in [0, 0.1) is 5.41 Å². The SMILES string of the molecule is CC(C)N(C(=O)c1cc2c(cc1C(F)(F)F)OC(C)(C)C(=O)N2)C1CCCN(OC(=O)C(C)(C)C)C1. The average molecular weight is 514 g/mol. The number of rotatable bonds is 4. The van der Waals surface area contributed by atoms with Gasteiger partial charge in [-0.1, -0.05) is 0 Å². The number of nitrogens with zero attached hydrogens (tertiary/aromatic N) is 2. The van der Waals surface area contributed by atoms with Gasteiger partial charge in [-0.25, -0.2) is 4.79 Å². The van der Waals surface area contributed by atoms with Gasteiger partial charge in [-0.3, -0.25) is 9.59 Å². The summed E-state index contributed by atoms with van der Waals surface area (Å²) in [7, 11) is 0. The van der Waals surface area contributed by atoms with Crippen molar-refractivity contribution in [1.82, 2.24) is 9.96 Å². The van der Waals surface area contributed by atoms with Crippen LogP contribution in [0.1, 0.15) is 77.2 Å². The molecule has 1 saturated heterocycles. The summed E-state index contributed by atoms with van der Waals surface area (Å²) in [5.74, 6) is -1.94. The fourth-order valence-corrected chi connectivity index (χ4v) is 4.21. The zero-order chi connectivity index (χ0) is 27.2. The highest BCUT2D eigenvalue weighted by Crippen LogP contribution is 2.42. The van der Waals surface area contributed by atoms with Crippen LogP contribution in [-0.4, -0.2) is 58.5 Å². The highest BCUT2D eigenvalue weighted by Gasteiger charge is 2.43. The van der Waals surface area contributed by atoms with E-state index in [-0.39, 0.29) is 18.0 Å². The lowest BCUT2D eigenvalue weighted by molar-refractivity contribution is -0.208. The Morgan fingerprint density at radius 1 is 1.22 bits per heavy atom. The number of hydrogen-bond donors (Lipinski definition) is 1. The Balaban J connectivity index is 1.97. The van der Waals surface area contributed by atoms with Gasteiger partial charge in [0.25, 0.3) is 11.8 Å². The fraction of sp³-hybridized carbons (Fsp3) is 0.640. The molecule has 1 aromatic carbocycles. The number of ether oxygens (including phenoxy) is 1. The molecule has 1 atom stereocenters. The van der Waals surface area contributed by atoms with Crippen molar-refractivity contribution in [3.8, 4) is 5.75 Å². The van der Waals surface area contributed by atoms with Gasteiger partial charge in [-0.05, 0) is 73.4 Å². The summed E-state index contributed by atoms with van der Waals surface area (Å²) in [6.45, 7) is 12.1. The molecule has 3 rings (SSSR count). The number of hydroxylamine groups is 2. The second-order valence-electron chi connectivity index (χ2n) is 11.1. The number of amides is 2. The van der Waals surface area contributed by atoms with E-state index in [1.165, 1.54) is 23.8 Å². The lowest BCUT2D eigenvalue weighted by atomic mass is 9.97. The van der Waals surface area contributed by atoms with Crippen molar-refractivity contribution in [2.45, 2.75) is 85.2 Å². The first-order chi connectivity index (χ1) is 16.4. The largest absolute Gasteiger partial charge is 0.476 e. The van der Waals surface area contributed by atoms with Crippen LogP contribution < -0.4 is 10.1 Å². The lowest BCUT2D eigenvalue weighted by Gasteiger charge is -2.41. The first-order valence-electron chi connectivity index (χ1n) is 12.0. The van der Waals surface area contributed by atoms with Gasteiger partial charge in [0.1, 0.15) is 5.75 Å². The van der Waals surface area contributed by atoms with Gasteiger partial charge in [-0.2, -0.15) is 13.2 Å². The van der Waals surface area contributed by atoms with Gasteiger partial charge < -0.3 is 19.8 Å². The average Bonchev–Trinajstić information content (AvgIpc) is 2.72. The number of alkyl halides is 3. The monoisotopic (exact) mass is 513 g/mol. The van der Waals surface area contributed by atoms with Crippen LogP contribution in [0.4, 0.5) is 18.9 Å². The van der Waals surface area contributed by atoms with Crippen molar-refractivity contribution < 1.29 is 37.1 Å². The third-order valence-corrected chi connectivity index (χ3v) is 6.18. The van der Waals surface area contributed by atoms with E-state index >= 15 is 0 Å². The van der Waals surface area contributed by atoms with Crippen LogP contribution in [0.3, 0.4) is 0 Å². The molecule has 2 aliphatic rings. The Hall–Kier alpha value is -2.82. The van der Waals surface area contributed by atoms with Crippen LogP contribution in [-0.2, 0) is 20.6 Å². The Labute approximate surface area is 209 Å². The van der Waals surface area contributed by atoms with Crippen molar-refractivity contribution in [1.29, 1.82) is 0 Å². The molecule has 0 saturated carbocycles. The van der Waals surface area contributed by atoms with Crippen molar-refractivity contribution >= 4 is 23.5 Å². The quantitative estimate of drug-likeness (QED) is 0.632. The molecule has 1 fully saturated rings. The minimum atomic E-state index is -4.83. The summed E-state index contributed by atoms with van der Waals surface area (Å²) in [5, 5.41) is 4.02. The number of anilines is 1. The minimum Gasteiger partial charge on any atom is -0.476 e. The summed E-state index contributed by atoms with van der Waals surface area (Å²) in [6.07, 6.45) is -3.71. The van der Waals surface area contributed by atoms with Crippen molar-refractivity contribution in [3.63, 3.8) is 0 Å². The second kappa shape index (κ2) is 9.57. The van der Waals surface area contributed by atoms with Gasteiger partial charge in [0, 0.05) is 18.6 Å². The number of fused-ring (bicyclic) bond motifs is 1. The number of carbonyl (C=O) groups is 3. The Kier molecular flexibility index (Phi) is 7.38. The fourth-order valence-electron chi connectivity index (χ4n) is 4.21. The number of piperidine rings is 1. The van der Waals surface area contributed by atoms with E-state index < -0.39 is 58.2 Å². The number of hydrogen-bond acceptors (Lipinski definition) is 6. The molecule has 0 aromatic heterocycles. The maximum absolute atomic E-state index is 14.1. The van der Waals surface area contributed by atoms with Crippen LogP contribution in [0.15, 0.2) is 12.1 Å². The predicted molar refractivity (Wildman–Crippen MR) is 126 cm³/mol. The third-order valence-electron chi connectivity index (χ3n) is 6.18. The van der Waals surface area contributed by atoms with Crippen LogP contribution in [0.5, 0.6) is 5.75 Å². The first kappa shape index (κ1) is 27.8. The predicted octanol–water partition coefficient (Wildman–Crippen LogP) is 4.63. The van der Waals surface area contributed by atoms with Crippen molar-refractivity contribution in [2.24, 2.45) is 5.41 Å². The van der Waals surface area contributed by atoms with E-state index in [1.54, 1.807) is 34.6 Å². The Morgan fingerprint density at radius 3 is 2.42 bits per heavy atom. The third kappa shape index (κ3) is 5.77. The molecule has 2 heterocycles. The van der Waals surface area contributed by atoms with E-state index in [9.17, 15) is 27.6 Å². The summed E-state index contributed by atoms with van der Waals surface area (Å²) in [5.41, 5.74) is -3.81. The Bertz CT molecular complexity index is 1050. The number of nitrogens with one attached hydrogen (secondary N) is 1. The normalized spacial score (nSPS) is 20.3. The van der Waals surface area contributed by atoms with Crippen LogP contribution in [0.2, 0.25) is 0 Å². The van der Waals surface area contributed by atoms with E-state index in [0.717, 1.165) is 12.1 Å². The number of carbonyl (C=O) groups excluding carboxylic acids is 3. The highest BCUT2D eigenvalue weighted by molar-refractivity contribution is 6.03. The van der Waals surface area contributed by atoms with Gasteiger partial charge in [0.15, 0.2) is 5.60 Å². The summed E-state index contributed by atoms with van der Waals surface area (Å²) in [4.78, 5) is 45.2. The molecule has 1 aromatic rings. The molecule has 0 bridgehead atoms. The smallest absolute Gasteiger partial charge is 0.417 e. The molecule has 200 valence electrons. The summed E-state index contributed by atoms with van der Waals surface area (Å²) in [6, 6.07) is 0.868. The highest BCUT2D eigenvalue weighted by atomic mass is 19.4. The molecule has 8 nitrogen and oxygen atoms in total. The molecule has 0 radical (unpaired) electrons. The maximum atomic E-state index is 14.1. The summed E-state index contributed by atoms with van der Waals surface area (Å²) < 4.78 is 47.8. The molecule has 11 heteroatoms. The molecule has 0 aliphatic carbocycles. The number of benzene rings is 1. The van der Waals surface area contributed by atoms with E-state index in [2.05, 4.69) is 5.32 Å². The molecule has 0 spiro atoms. The molecule has 1 unspecified atom stereocenters. The van der Waals surface area contributed by atoms with Crippen LogP contribution in [0.25, 0.3) is 0 Å². The molecular weight excluding hydrogens is 479 g/mol. The van der Waals surface area contributed by atoms with E-state index in [1.807, 2.05) is 0 Å². The van der Waals surface area contributed by atoms with E-state index in [4.69, 9.17) is 9.57 Å². The minimum absolute atomic E-state index is 0.00348. The zero-order valence-electron chi connectivity index (χ0n) is 21.7. The lowest BCUT2D eigenvalue weighted by Crippen LogP contribution is -2.53. The molecule has 2 aliphatic heterocycles. The first-order valence-corrected chi connectivity index (χ1v) is 12.0. The topological polar surface area (TPSA) is 88.2 Å². The zero-order valence-corrected chi connectivity index (χ0v) is 21.7. The second-order valence-corrected chi connectivity index (χ2v) is 11.1. The molecular formula is C25H34F3N3O5. The van der Waals surface area contributed by atoms with Crippen LogP contribution >= 0.6 is 0 Å². The molecule has 1 N–H and O–H groups in total. The van der Waals surface area contributed by atoms with Crippen molar-refractivity contribution in [2.75, 3.05) is 18.4 Å². The van der Waals surface area contributed by atoms with Gasteiger partial charge >= 0.3 is 12.1 Å². The van der Waals surface area contributed by atoms with Crippen molar-refractivity contribution in [3.05, 3.63) is 23.3 Å². The summed E-state index contributed by atoms with van der Waals surface area (Å²) >= 11 is 0. The van der Waals surface area contributed by atoms with Gasteiger partial charge in [-0.15, -0.1) is 5.06 Å². The maximum Gasteiger partial charge on any atom is 0.417 e.